The minimum atomic E-state index is -0.130. The summed E-state index contributed by atoms with van der Waals surface area (Å²) < 4.78 is 9.00. The molecule has 0 N–H and O–H groups in total. The van der Waals surface area contributed by atoms with Crippen molar-refractivity contribution in [3.63, 3.8) is 0 Å². The molecule has 3 heterocycles. The van der Waals surface area contributed by atoms with Crippen molar-refractivity contribution in [3.8, 4) is 67.5 Å². The molecule has 1 aliphatic carbocycles. The van der Waals surface area contributed by atoms with Gasteiger partial charge >= 0.3 is 0 Å². The largest absolute Gasteiger partial charge is 0.456 e. The Labute approximate surface area is 421 Å². The van der Waals surface area contributed by atoms with Gasteiger partial charge in [-0.25, -0.2) is 15.0 Å². The van der Waals surface area contributed by atoms with Crippen molar-refractivity contribution < 1.29 is 4.42 Å². The van der Waals surface area contributed by atoms with E-state index in [-0.39, 0.29) is 5.41 Å². The first kappa shape index (κ1) is 42.0. The molecule has 13 aromatic rings. The van der Waals surface area contributed by atoms with Gasteiger partial charge in [-0.1, -0.05) is 184 Å². The number of nitrogens with zero attached hydrogens (tertiary/aromatic N) is 4. The van der Waals surface area contributed by atoms with Crippen LogP contribution in [0.4, 0.5) is 17.1 Å². The Morgan fingerprint density at radius 1 is 0.403 bits per heavy atom. The first-order valence-electron chi connectivity index (χ1n) is 24.4. The summed E-state index contributed by atoms with van der Waals surface area (Å²) in [6.45, 7) is 4.69. The fourth-order valence-corrected chi connectivity index (χ4v) is 12.2. The number of benzene rings is 10. The topological polar surface area (TPSA) is 55.1 Å². The van der Waals surface area contributed by atoms with Gasteiger partial charge in [-0.2, -0.15) is 0 Å². The molecule has 14 rings (SSSR count). The minimum Gasteiger partial charge on any atom is -0.456 e. The molecule has 0 aliphatic heterocycles. The third-order valence-corrected chi connectivity index (χ3v) is 15.8. The quantitative estimate of drug-likeness (QED) is 0.152. The lowest BCUT2D eigenvalue weighted by atomic mass is 9.82. The van der Waals surface area contributed by atoms with E-state index in [0.29, 0.717) is 17.5 Å². The predicted octanol–water partition coefficient (Wildman–Crippen LogP) is 18.2. The van der Waals surface area contributed by atoms with Gasteiger partial charge in [0.1, 0.15) is 11.2 Å². The van der Waals surface area contributed by atoms with Crippen molar-refractivity contribution in [1.82, 2.24) is 15.0 Å². The van der Waals surface area contributed by atoms with Crippen LogP contribution in [0.3, 0.4) is 0 Å². The molecule has 0 spiro atoms. The minimum absolute atomic E-state index is 0.130. The van der Waals surface area contributed by atoms with E-state index in [1.165, 1.54) is 48.9 Å². The molecule has 340 valence electrons. The van der Waals surface area contributed by atoms with E-state index < -0.39 is 0 Å². The average molecular weight is 941 g/mol. The molecule has 0 amide bonds. The summed E-state index contributed by atoms with van der Waals surface area (Å²) in [5.41, 5.74) is 17.4. The standard InChI is InChI=1S/C66H44N4OS/c1-66(2)54-25-11-9-21-50(54)61-55(66)26-15-27-56(61)70(46-35-30-42(31-36-46)41-16-5-3-6-17-41)47-37-32-43(33-38-47)45-34-39-57-53(40-45)60-51(23-14-28-58(60)71-57)64-67-63(44-18-7-4-8-19-44)68-65(69-64)52-24-13-22-49-48-20-10-12-29-59(48)72-62(49)52/h3-40H,1-2H3. The van der Waals surface area contributed by atoms with Crippen LogP contribution in [0.1, 0.15) is 25.0 Å². The molecule has 6 heteroatoms. The van der Waals surface area contributed by atoms with Crippen LogP contribution in [0, 0.1) is 0 Å². The van der Waals surface area contributed by atoms with Crippen molar-refractivity contribution in [3.05, 3.63) is 242 Å². The van der Waals surface area contributed by atoms with Crippen LogP contribution in [0.2, 0.25) is 0 Å². The number of furan rings is 1. The van der Waals surface area contributed by atoms with Crippen molar-refractivity contribution in [2.24, 2.45) is 0 Å². The van der Waals surface area contributed by atoms with Crippen LogP contribution in [0.25, 0.3) is 110 Å². The normalized spacial score (nSPS) is 12.7. The van der Waals surface area contributed by atoms with Crippen LogP contribution in [-0.4, -0.2) is 15.0 Å². The Morgan fingerprint density at radius 3 is 1.74 bits per heavy atom. The van der Waals surface area contributed by atoms with Crippen molar-refractivity contribution in [2.75, 3.05) is 4.90 Å². The average Bonchev–Trinajstić information content (AvgIpc) is 4.09. The summed E-state index contributed by atoms with van der Waals surface area (Å²) in [6, 6.07) is 82.1. The number of thiophene rings is 1. The van der Waals surface area contributed by atoms with E-state index in [4.69, 9.17) is 19.4 Å². The summed E-state index contributed by atoms with van der Waals surface area (Å²) in [5, 5.41) is 4.40. The van der Waals surface area contributed by atoms with Gasteiger partial charge in [0.25, 0.3) is 0 Å². The number of hydrogen-bond donors (Lipinski definition) is 0. The molecular weight excluding hydrogens is 897 g/mol. The van der Waals surface area contributed by atoms with Gasteiger partial charge in [0, 0.05) is 70.0 Å². The fourth-order valence-electron chi connectivity index (χ4n) is 11.0. The van der Waals surface area contributed by atoms with E-state index in [1.807, 2.05) is 30.3 Å². The van der Waals surface area contributed by atoms with E-state index in [0.717, 1.165) is 71.5 Å². The number of rotatable bonds is 8. The van der Waals surface area contributed by atoms with Crippen LogP contribution in [0.15, 0.2) is 235 Å². The number of anilines is 3. The molecule has 5 nitrogen and oxygen atoms in total. The molecule has 72 heavy (non-hydrogen) atoms. The summed E-state index contributed by atoms with van der Waals surface area (Å²) >= 11 is 1.78. The molecule has 0 fully saturated rings. The summed E-state index contributed by atoms with van der Waals surface area (Å²) in [5.74, 6) is 1.85. The molecule has 0 bridgehead atoms. The van der Waals surface area contributed by atoms with Gasteiger partial charge in [0.15, 0.2) is 17.5 Å². The Balaban J connectivity index is 0.890. The maximum absolute atomic E-state index is 6.61. The molecule has 0 saturated heterocycles. The molecule has 0 unspecified atom stereocenters. The highest BCUT2D eigenvalue weighted by Gasteiger charge is 2.37. The van der Waals surface area contributed by atoms with Gasteiger partial charge < -0.3 is 9.32 Å². The fraction of sp³-hybridized carbons (Fsp3) is 0.0455. The van der Waals surface area contributed by atoms with Gasteiger partial charge in [-0.15, -0.1) is 11.3 Å². The third-order valence-electron chi connectivity index (χ3n) is 14.6. The highest BCUT2D eigenvalue weighted by molar-refractivity contribution is 7.26. The van der Waals surface area contributed by atoms with Crippen molar-refractivity contribution in [1.29, 1.82) is 0 Å². The summed E-state index contributed by atoms with van der Waals surface area (Å²) in [4.78, 5) is 18.1. The molecular formula is C66H44N4OS. The third kappa shape index (κ3) is 6.79. The van der Waals surface area contributed by atoms with Crippen molar-refractivity contribution >= 4 is 70.5 Å². The maximum Gasteiger partial charge on any atom is 0.165 e. The highest BCUT2D eigenvalue weighted by atomic mass is 32.1. The zero-order valence-electron chi connectivity index (χ0n) is 39.5. The second-order valence-corrected chi connectivity index (χ2v) is 20.2. The van der Waals surface area contributed by atoms with E-state index >= 15 is 0 Å². The summed E-state index contributed by atoms with van der Waals surface area (Å²) in [7, 11) is 0. The highest BCUT2D eigenvalue weighted by Crippen LogP contribution is 2.54. The Hall–Kier alpha value is -8.97. The molecule has 10 aromatic carbocycles. The monoisotopic (exact) mass is 940 g/mol. The first-order valence-corrected chi connectivity index (χ1v) is 25.2. The van der Waals surface area contributed by atoms with Crippen LogP contribution >= 0.6 is 11.3 Å². The second-order valence-electron chi connectivity index (χ2n) is 19.1. The molecule has 0 radical (unpaired) electrons. The van der Waals surface area contributed by atoms with Gasteiger partial charge in [0.2, 0.25) is 0 Å². The zero-order valence-corrected chi connectivity index (χ0v) is 40.4. The number of fused-ring (bicyclic) bond motifs is 9. The zero-order chi connectivity index (χ0) is 47.9. The maximum atomic E-state index is 6.61. The van der Waals surface area contributed by atoms with Gasteiger partial charge in [-0.05, 0) is 99.6 Å². The molecule has 0 saturated carbocycles. The number of aromatic nitrogens is 3. The van der Waals surface area contributed by atoms with Crippen LogP contribution in [-0.2, 0) is 5.41 Å². The Morgan fingerprint density at radius 2 is 0.958 bits per heavy atom. The van der Waals surface area contributed by atoms with E-state index in [9.17, 15) is 0 Å². The van der Waals surface area contributed by atoms with Gasteiger partial charge in [0.05, 0.1) is 5.69 Å². The lowest BCUT2D eigenvalue weighted by Crippen LogP contribution is -2.16. The van der Waals surface area contributed by atoms with Crippen LogP contribution in [0.5, 0.6) is 0 Å². The van der Waals surface area contributed by atoms with Gasteiger partial charge in [-0.3, -0.25) is 0 Å². The molecule has 1 aliphatic rings. The molecule has 0 atom stereocenters. The van der Waals surface area contributed by atoms with Crippen LogP contribution < -0.4 is 4.90 Å². The smallest absolute Gasteiger partial charge is 0.165 e. The lowest BCUT2D eigenvalue weighted by Gasteiger charge is -2.29. The SMILES string of the molecule is CC1(C)c2ccccc2-c2c(N(c3ccc(-c4ccccc4)cc3)c3ccc(-c4ccc5oc6cccc(-c7nc(-c8ccccc8)nc(-c8cccc9c8sc8ccccc89)n7)c6c5c4)cc3)cccc21. The lowest BCUT2D eigenvalue weighted by molar-refractivity contribution is 0.660. The Bertz CT molecular complexity index is 4230. The predicted molar refractivity (Wildman–Crippen MR) is 299 cm³/mol. The number of hydrogen-bond acceptors (Lipinski definition) is 6. The second kappa shape index (κ2) is 16.6. The van der Waals surface area contributed by atoms with Crippen molar-refractivity contribution in [2.45, 2.75) is 19.3 Å². The van der Waals surface area contributed by atoms with E-state index in [2.05, 4.69) is 219 Å². The van der Waals surface area contributed by atoms with E-state index in [1.54, 1.807) is 11.3 Å². The Kier molecular flexibility index (Phi) is 9.66. The summed E-state index contributed by atoms with van der Waals surface area (Å²) in [6.07, 6.45) is 0. The molecule has 3 aromatic heterocycles. The first-order chi connectivity index (χ1) is 35.4.